The molecule has 8 nitrogen and oxygen atoms in total. The molecule has 0 aliphatic carbocycles. The van der Waals surface area contributed by atoms with E-state index >= 15 is 0 Å². The largest absolute Gasteiger partial charge is 0.497 e. The van der Waals surface area contributed by atoms with Crippen LogP contribution < -0.4 is 10.5 Å². The van der Waals surface area contributed by atoms with Gasteiger partial charge in [-0.1, -0.05) is 0 Å². The lowest BCUT2D eigenvalue weighted by atomic mass is 9.96. The number of nitrogens with two attached hydrogens (primary N) is 1. The number of methoxy groups -OCH3 is 1. The molecule has 2 aromatic rings. The summed E-state index contributed by atoms with van der Waals surface area (Å²) in [6.07, 6.45) is 3.56. The molecular formula is C22H26N4O4. The Kier molecular flexibility index (Phi) is 5.85. The van der Waals surface area contributed by atoms with Crippen molar-refractivity contribution in [3.05, 3.63) is 54.0 Å². The lowest BCUT2D eigenvalue weighted by molar-refractivity contribution is -0.135. The van der Waals surface area contributed by atoms with Gasteiger partial charge in [-0.2, -0.15) is 5.10 Å². The van der Waals surface area contributed by atoms with Gasteiger partial charge < -0.3 is 14.9 Å². The number of hydrogen-bond donors (Lipinski definition) is 1. The molecule has 2 N–H and O–H groups in total. The highest BCUT2D eigenvalue weighted by Gasteiger charge is 2.36. The van der Waals surface area contributed by atoms with E-state index in [1.165, 1.54) is 0 Å². The van der Waals surface area contributed by atoms with E-state index in [4.69, 9.17) is 14.9 Å². The highest BCUT2D eigenvalue weighted by atomic mass is 16.5. The van der Waals surface area contributed by atoms with E-state index in [1.807, 2.05) is 36.4 Å². The molecule has 1 aromatic carbocycles. The maximum Gasteiger partial charge on any atom is 0.257 e. The number of benzene rings is 1. The summed E-state index contributed by atoms with van der Waals surface area (Å²) in [4.78, 5) is 26.6. The molecular weight excluding hydrogens is 384 g/mol. The lowest BCUT2D eigenvalue weighted by Gasteiger charge is -2.31. The monoisotopic (exact) mass is 410 g/mol. The molecule has 1 fully saturated rings. The Labute approximate surface area is 175 Å². The van der Waals surface area contributed by atoms with E-state index in [2.05, 4.69) is 10.0 Å². The molecule has 0 bridgehead atoms. The SMILES string of the molecule is COc1ccc(C2=NN(C(=O)CN3CCC(C(N)=O)CC3)C(c3ccco3)C2)cc1. The summed E-state index contributed by atoms with van der Waals surface area (Å²) in [7, 11) is 1.63. The second kappa shape index (κ2) is 8.71. The Hall–Kier alpha value is -3.13. The van der Waals surface area contributed by atoms with Crippen LogP contribution in [0.1, 0.15) is 36.6 Å². The van der Waals surface area contributed by atoms with E-state index in [9.17, 15) is 9.59 Å². The average Bonchev–Trinajstić information content (AvgIpc) is 3.44. The molecule has 0 spiro atoms. The molecule has 158 valence electrons. The zero-order valence-electron chi connectivity index (χ0n) is 17.0. The minimum absolute atomic E-state index is 0.0857. The van der Waals surface area contributed by atoms with Crippen LogP contribution in [0.5, 0.6) is 5.75 Å². The number of rotatable bonds is 6. The van der Waals surface area contributed by atoms with Gasteiger partial charge in [0.05, 0.1) is 25.6 Å². The van der Waals surface area contributed by atoms with Crippen molar-refractivity contribution in [1.29, 1.82) is 0 Å². The number of amides is 2. The fourth-order valence-corrected chi connectivity index (χ4v) is 4.04. The van der Waals surface area contributed by atoms with E-state index in [-0.39, 0.29) is 30.3 Å². The van der Waals surface area contributed by atoms with E-state index in [0.29, 0.717) is 38.1 Å². The van der Waals surface area contributed by atoms with Gasteiger partial charge in [-0.15, -0.1) is 0 Å². The molecule has 1 unspecified atom stereocenters. The minimum atomic E-state index is -0.271. The third kappa shape index (κ3) is 4.23. The van der Waals surface area contributed by atoms with Crippen molar-refractivity contribution in [3.63, 3.8) is 0 Å². The lowest BCUT2D eigenvalue weighted by Crippen LogP contribution is -2.43. The number of primary amides is 1. The molecule has 4 rings (SSSR count). The maximum absolute atomic E-state index is 13.1. The molecule has 2 aliphatic rings. The Balaban J connectivity index is 1.49. The molecule has 2 amide bonds. The van der Waals surface area contributed by atoms with Gasteiger partial charge in [0.15, 0.2) is 0 Å². The fraction of sp³-hybridized carbons (Fsp3) is 0.409. The van der Waals surface area contributed by atoms with Crippen molar-refractivity contribution in [2.24, 2.45) is 16.8 Å². The van der Waals surface area contributed by atoms with Crippen molar-refractivity contribution < 1.29 is 18.7 Å². The fourth-order valence-electron chi connectivity index (χ4n) is 4.04. The topological polar surface area (TPSA) is 101 Å². The second-order valence-corrected chi connectivity index (χ2v) is 7.70. The van der Waals surface area contributed by atoms with Crippen LogP contribution in [-0.2, 0) is 9.59 Å². The first kappa shape index (κ1) is 20.2. The van der Waals surface area contributed by atoms with Gasteiger partial charge in [0.2, 0.25) is 5.91 Å². The number of ether oxygens (including phenoxy) is 1. The molecule has 30 heavy (non-hydrogen) atoms. The zero-order valence-corrected chi connectivity index (χ0v) is 17.0. The molecule has 1 saturated heterocycles. The number of carbonyl (C=O) groups is 2. The molecule has 3 heterocycles. The smallest absolute Gasteiger partial charge is 0.257 e. The first-order valence-electron chi connectivity index (χ1n) is 10.1. The number of hydrogen-bond acceptors (Lipinski definition) is 6. The van der Waals surface area contributed by atoms with Gasteiger partial charge in [-0.3, -0.25) is 14.5 Å². The van der Waals surface area contributed by atoms with Crippen LogP contribution in [0.25, 0.3) is 0 Å². The average molecular weight is 410 g/mol. The van der Waals surface area contributed by atoms with Gasteiger partial charge >= 0.3 is 0 Å². The van der Waals surface area contributed by atoms with Crippen molar-refractivity contribution in [2.45, 2.75) is 25.3 Å². The Morgan fingerprint density at radius 2 is 1.93 bits per heavy atom. The van der Waals surface area contributed by atoms with Crippen LogP contribution in [0.3, 0.4) is 0 Å². The van der Waals surface area contributed by atoms with Crippen LogP contribution in [0.15, 0.2) is 52.2 Å². The van der Waals surface area contributed by atoms with E-state index in [1.54, 1.807) is 18.4 Å². The van der Waals surface area contributed by atoms with Gasteiger partial charge in [0.1, 0.15) is 17.6 Å². The van der Waals surface area contributed by atoms with Gasteiger partial charge in [0.25, 0.3) is 5.91 Å². The first-order valence-corrected chi connectivity index (χ1v) is 10.1. The maximum atomic E-state index is 13.1. The Morgan fingerprint density at radius 1 is 1.20 bits per heavy atom. The van der Waals surface area contributed by atoms with Crippen molar-refractivity contribution >= 4 is 17.5 Å². The summed E-state index contributed by atoms with van der Waals surface area (Å²) in [5.74, 6) is 1.04. The number of piperidine rings is 1. The van der Waals surface area contributed by atoms with Crippen molar-refractivity contribution in [2.75, 3.05) is 26.7 Å². The Bertz CT molecular complexity index is 915. The van der Waals surface area contributed by atoms with E-state index in [0.717, 1.165) is 17.0 Å². The third-order valence-corrected chi connectivity index (χ3v) is 5.81. The van der Waals surface area contributed by atoms with Crippen molar-refractivity contribution in [3.8, 4) is 5.75 Å². The molecule has 1 atom stereocenters. The summed E-state index contributed by atoms with van der Waals surface area (Å²) in [5, 5.41) is 6.20. The summed E-state index contributed by atoms with van der Waals surface area (Å²) in [5.41, 5.74) is 7.19. The molecule has 2 aliphatic heterocycles. The van der Waals surface area contributed by atoms with Gasteiger partial charge in [-0.25, -0.2) is 5.01 Å². The number of furan rings is 1. The predicted molar refractivity (Wildman–Crippen MR) is 111 cm³/mol. The third-order valence-electron chi connectivity index (χ3n) is 5.81. The quantitative estimate of drug-likeness (QED) is 0.786. The first-order chi connectivity index (χ1) is 14.5. The standard InChI is InChI=1S/C22H26N4O4/c1-29-17-6-4-15(5-7-17)18-13-19(20-3-2-12-30-20)26(24-18)21(27)14-25-10-8-16(9-11-25)22(23)28/h2-7,12,16,19H,8-11,13-14H2,1H3,(H2,23,28). The highest BCUT2D eigenvalue weighted by Crippen LogP contribution is 2.33. The van der Waals surface area contributed by atoms with Crippen LogP contribution in [-0.4, -0.2) is 54.2 Å². The molecule has 1 aromatic heterocycles. The summed E-state index contributed by atoms with van der Waals surface area (Å²) in [6, 6.07) is 11.1. The van der Waals surface area contributed by atoms with E-state index < -0.39 is 0 Å². The molecule has 0 radical (unpaired) electrons. The number of nitrogens with zero attached hydrogens (tertiary/aromatic N) is 3. The Morgan fingerprint density at radius 3 is 2.53 bits per heavy atom. The van der Waals surface area contributed by atoms with Gasteiger partial charge in [0, 0.05) is 12.3 Å². The summed E-state index contributed by atoms with van der Waals surface area (Å²) in [6.45, 7) is 1.60. The normalized spacial score (nSPS) is 20.2. The highest BCUT2D eigenvalue weighted by molar-refractivity contribution is 6.03. The van der Waals surface area contributed by atoms with Gasteiger partial charge in [-0.05, 0) is 67.9 Å². The summed E-state index contributed by atoms with van der Waals surface area (Å²) >= 11 is 0. The second-order valence-electron chi connectivity index (χ2n) is 7.70. The summed E-state index contributed by atoms with van der Waals surface area (Å²) < 4.78 is 10.8. The van der Waals surface area contributed by atoms with Crippen LogP contribution in [0.2, 0.25) is 0 Å². The van der Waals surface area contributed by atoms with Crippen molar-refractivity contribution in [1.82, 2.24) is 9.91 Å². The number of hydrazone groups is 1. The minimum Gasteiger partial charge on any atom is -0.497 e. The predicted octanol–water partition coefficient (Wildman–Crippen LogP) is 2.16. The van der Waals surface area contributed by atoms with Crippen LogP contribution in [0.4, 0.5) is 0 Å². The molecule has 8 heteroatoms. The number of likely N-dealkylation sites (tertiary alicyclic amines) is 1. The zero-order chi connectivity index (χ0) is 21.1. The van der Waals surface area contributed by atoms with Crippen LogP contribution >= 0.6 is 0 Å². The molecule has 0 saturated carbocycles. The number of carbonyl (C=O) groups excluding carboxylic acids is 2. The van der Waals surface area contributed by atoms with Crippen LogP contribution in [0, 0.1) is 5.92 Å².